The van der Waals surface area contributed by atoms with Crippen molar-refractivity contribution in [2.75, 3.05) is 20.6 Å². The van der Waals surface area contributed by atoms with E-state index in [4.69, 9.17) is 5.11 Å². The molecule has 0 saturated carbocycles. The lowest BCUT2D eigenvalue weighted by Crippen LogP contribution is -2.46. The standard InChI is InChI=1S/C9H19N3O3/c1-6(2)7(8(13)14)5-10-9(15)11-12(3)4/h6-7H,5H2,1-4H3,(H,13,14)(H2,10,11,15). The van der Waals surface area contributed by atoms with E-state index >= 15 is 0 Å². The molecule has 6 heteroatoms. The summed E-state index contributed by atoms with van der Waals surface area (Å²) in [5.41, 5.74) is 2.47. The average molecular weight is 217 g/mol. The van der Waals surface area contributed by atoms with Crippen LogP contribution in [-0.2, 0) is 4.79 Å². The molecule has 0 spiro atoms. The molecule has 88 valence electrons. The van der Waals surface area contributed by atoms with Gasteiger partial charge in [-0.25, -0.2) is 9.80 Å². The van der Waals surface area contributed by atoms with E-state index in [2.05, 4.69) is 10.7 Å². The van der Waals surface area contributed by atoms with Crippen molar-refractivity contribution >= 4 is 12.0 Å². The molecule has 0 saturated heterocycles. The molecule has 0 rings (SSSR count). The van der Waals surface area contributed by atoms with Gasteiger partial charge >= 0.3 is 12.0 Å². The van der Waals surface area contributed by atoms with Crippen molar-refractivity contribution in [2.45, 2.75) is 13.8 Å². The SMILES string of the molecule is CC(C)C(CNC(=O)NN(C)C)C(=O)O. The Morgan fingerprint density at radius 2 is 1.87 bits per heavy atom. The lowest BCUT2D eigenvalue weighted by molar-refractivity contribution is -0.142. The summed E-state index contributed by atoms with van der Waals surface area (Å²) in [5, 5.41) is 12.8. The fourth-order valence-electron chi connectivity index (χ4n) is 1.05. The Balaban J connectivity index is 4.00. The number of carboxylic acid groups (broad SMARTS) is 1. The van der Waals surface area contributed by atoms with Crippen molar-refractivity contribution in [3.8, 4) is 0 Å². The molecule has 0 heterocycles. The molecule has 6 nitrogen and oxygen atoms in total. The monoisotopic (exact) mass is 217 g/mol. The predicted molar refractivity (Wildman–Crippen MR) is 56.2 cm³/mol. The molecule has 2 amide bonds. The number of carboxylic acids is 1. The second kappa shape index (κ2) is 6.23. The van der Waals surface area contributed by atoms with Crippen LogP contribution in [0.15, 0.2) is 0 Å². The van der Waals surface area contributed by atoms with Crippen molar-refractivity contribution in [3.63, 3.8) is 0 Å². The summed E-state index contributed by atoms with van der Waals surface area (Å²) >= 11 is 0. The van der Waals surface area contributed by atoms with Crippen LogP contribution in [0.5, 0.6) is 0 Å². The van der Waals surface area contributed by atoms with Gasteiger partial charge in [-0.2, -0.15) is 0 Å². The molecule has 0 aromatic heterocycles. The van der Waals surface area contributed by atoms with Gasteiger partial charge in [0, 0.05) is 20.6 Å². The number of amides is 2. The van der Waals surface area contributed by atoms with Gasteiger partial charge in [0.1, 0.15) is 0 Å². The number of nitrogens with one attached hydrogen (secondary N) is 2. The van der Waals surface area contributed by atoms with Gasteiger partial charge < -0.3 is 10.4 Å². The molecular formula is C9H19N3O3. The Kier molecular flexibility index (Phi) is 5.69. The second-order valence-corrected chi connectivity index (χ2v) is 3.91. The number of nitrogens with zero attached hydrogens (tertiary/aromatic N) is 1. The molecule has 0 aliphatic heterocycles. The third-order valence-electron chi connectivity index (χ3n) is 1.93. The van der Waals surface area contributed by atoms with Gasteiger partial charge in [0.05, 0.1) is 5.92 Å². The molecule has 1 atom stereocenters. The summed E-state index contributed by atoms with van der Waals surface area (Å²) in [5.74, 6) is -1.46. The summed E-state index contributed by atoms with van der Waals surface area (Å²) in [6.07, 6.45) is 0. The summed E-state index contributed by atoms with van der Waals surface area (Å²) < 4.78 is 0. The summed E-state index contributed by atoms with van der Waals surface area (Å²) in [6, 6.07) is -0.396. The topological polar surface area (TPSA) is 81.7 Å². The lowest BCUT2D eigenvalue weighted by Gasteiger charge is -2.18. The molecular weight excluding hydrogens is 198 g/mol. The number of hydrazine groups is 1. The number of hydrogen-bond donors (Lipinski definition) is 3. The van der Waals surface area contributed by atoms with Crippen molar-refractivity contribution < 1.29 is 14.7 Å². The van der Waals surface area contributed by atoms with Gasteiger partial charge in [-0.3, -0.25) is 10.2 Å². The third kappa shape index (κ3) is 5.90. The zero-order chi connectivity index (χ0) is 12.0. The van der Waals surface area contributed by atoms with E-state index in [9.17, 15) is 9.59 Å². The van der Waals surface area contributed by atoms with E-state index in [1.54, 1.807) is 14.1 Å². The Bertz CT molecular complexity index is 229. The number of hydrogen-bond acceptors (Lipinski definition) is 3. The molecule has 0 aliphatic rings. The number of aliphatic carboxylic acids is 1. The first-order valence-electron chi connectivity index (χ1n) is 4.79. The van der Waals surface area contributed by atoms with Crippen LogP contribution < -0.4 is 10.7 Å². The van der Waals surface area contributed by atoms with Crippen molar-refractivity contribution in [2.24, 2.45) is 11.8 Å². The Morgan fingerprint density at radius 3 is 2.20 bits per heavy atom. The van der Waals surface area contributed by atoms with Crippen LogP contribution in [0.3, 0.4) is 0 Å². The molecule has 0 bridgehead atoms. The zero-order valence-corrected chi connectivity index (χ0v) is 9.57. The van der Waals surface area contributed by atoms with Crippen LogP contribution in [0.2, 0.25) is 0 Å². The molecule has 0 aliphatic carbocycles. The fraction of sp³-hybridized carbons (Fsp3) is 0.778. The van der Waals surface area contributed by atoms with E-state index in [1.165, 1.54) is 5.01 Å². The van der Waals surface area contributed by atoms with Gasteiger partial charge in [0.15, 0.2) is 0 Å². The smallest absolute Gasteiger partial charge is 0.329 e. The van der Waals surface area contributed by atoms with Crippen LogP contribution in [0, 0.1) is 11.8 Å². The number of carbonyl (C=O) groups excluding carboxylic acids is 1. The molecule has 0 fully saturated rings. The minimum atomic E-state index is -0.893. The molecule has 1 unspecified atom stereocenters. The third-order valence-corrected chi connectivity index (χ3v) is 1.93. The van der Waals surface area contributed by atoms with E-state index in [-0.39, 0.29) is 12.5 Å². The van der Waals surface area contributed by atoms with Crippen molar-refractivity contribution in [1.29, 1.82) is 0 Å². The lowest BCUT2D eigenvalue weighted by atomic mass is 9.96. The van der Waals surface area contributed by atoms with E-state index in [0.717, 1.165) is 0 Å². The van der Waals surface area contributed by atoms with Crippen LogP contribution >= 0.6 is 0 Å². The number of urea groups is 1. The fourth-order valence-corrected chi connectivity index (χ4v) is 1.05. The molecule has 0 aromatic carbocycles. The highest BCUT2D eigenvalue weighted by molar-refractivity contribution is 5.75. The Labute approximate surface area is 89.6 Å². The second-order valence-electron chi connectivity index (χ2n) is 3.91. The predicted octanol–water partition coefficient (Wildman–Crippen LogP) is 0.119. The quantitative estimate of drug-likeness (QED) is 0.571. The first kappa shape index (κ1) is 13.7. The van der Waals surface area contributed by atoms with Crippen LogP contribution in [-0.4, -0.2) is 42.8 Å². The van der Waals surface area contributed by atoms with Gasteiger partial charge in [0.2, 0.25) is 0 Å². The van der Waals surface area contributed by atoms with Gasteiger partial charge in [-0.05, 0) is 5.92 Å². The maximum Gasteiger partial charge on any atom is 0.329 e. The molecule has 0 aromatic rings. The van der Waals surface area contributed by atoms with Crippen LogP contribution in [0.1, 0.15) is 13.8 Å². The number of carbonyl (C=O) groups is 2. The highest BCUT2D eigenvalue weighted by atomic mass is 16.4. The first-order valence-corrected chi connectivity index (χ1v) is 4.79. The maximum absolute atomic E-state index is 11.1. The molecule has 3 N–H and O–H groups in total. The maximum atomic E-state index is 11.1. The normalized spacial score (nSPS) is 12.7. The first-order chi connectivity index (χ1) is 6.84. The van der Waals surface area contributed by atoms with Crippen LogP contribution in [0.4, 0.5) is 4.79 Å². The molecule has 0 radical (unpaired) electrons. The Morgan fingerprint density at radius 1 is 1.33 bits per heavy atom. The zero-order valence-electron chi connectivity index (χ0n) is 9.57. The Hall–Kier alpha value is -1.30. The highest BCUT2D eigenvalue weighted by Gasteiger charge is 2.21. The average Bonchev–Trinajstić information content (AvgIpc) is 2.00. The van der Waals surface area contributed by atoms with Gasteiger partial charge in [-0.1, -0.05) is 13.8 Å². The van der Waals surface area contributed by atoms with Crippen molar-refractivity contribution in [3.05, 3.63) is 0 Å². The minimum absolute atomic E-state index is 0.0119. The summed E-state index contributed by atoms with van der Waals surface area (Å²) in [7, 11) is 3.35. The van der Waals surface area contributed by atoms with E-state index in [1.807, 2.05) is 13.8 Å². The van der Waals surface area contributed by atoms with E-state index in [0.29, 0.717) is 0 Å². The minimum Gasteiger partial charge on any atom is -0.481 e. The largest absolute Gasteiger partial charge is 0.481 e. The van der Waals surface area contributed by atoms with Gasteiger partial charge in [0.25, 0.3) is 0 Å². The summed E-state index contributed by atoms with van der Waals surface area (Å²) in [6.45, 7) is 3.75. The van der Waals surface area contributed by atoms with Gasteiger partial charge in [-0.15, -0.1) is 0 Å². The number of rotatable bonds is 5. The summed E-state index contributed by atoms with van der Waals surface area (Å²) in [4.78, 5) is 21.9. The van der Waals surface area contributed by atoms with Crippen LogP contribution in [0.25, 0.3) is 0 Å². The van der Waals surface area contributed by atoms with E-state index < -0.39 is 17.9 Å². The molecule has 15 heavy (non-hydrogen) atoms. The highest BCUT2D eigenvalue weighted by Crippen LogP contribution is 2.09. The van der Waals surface area contributed by atoms with Crippen molar-refractivity contribution in [1.82, 2.24) is 15.8 Å².